The first-order chi connectivity index (χ1) is 9.35. The van der Waals surface area contributed by atoms with Crippen molar-refractivity contribution in [1.29, 1.82) is 0 Å². The summed E-state index contributed by atoms with van der Waals surface area (Å²) in [6, 6.07) is 0.972. The Morgan fingerprint density at radius 2 is 2.00 bits per heavy atom. The van der Waals surface area contributed by atoms with Gasteiger partial charge in [-0.1, -0.05) is 0 Å². The van der Waals surface area contributed by atoms with E-state index in [0.717, 1.165) is 13.1 Å². The van der Waals surface area contributed by atoms with Crippen molar-refractivity contribution >= 4 is 0 Å². The molecule has 0 aromatic carbocycles. The average Bonchev–Trinajstić information content (AvgIpc) is 3.07. The van der Waals surface area contributed by atoms with Gasteiger partial charge in [0.1, 0.15) is 0 Å². The molecule has 0 spiro atoms. The molecule has 1 saturated carbocycles. The second-order valence-corrected chi connectivity index (χ2v) is 6.12. The largest absolute Gasteiger partial charge is 0.372 e. The molecule has 19 heavy (non-hydrogen) atoms. The highest BCUT2D eigenvalue weighted by Gasteiger charge is 2.38. The van der Waals surface area contributed by atoms with E-state index in [1.807, 2.05) is 12.5 Å². The predicted molar refractivity (Wildman–Crippen MR) is 71.8 cm³/mol. The van der Waals surface area contributed by atoms with E-state index in [1.54, 1.807) is 0 Å². The van der Waals surface area contributed by atoms with Crippen LogP contribution in [0.1, 0.15) is 43.5 Å². The Labute approximate surface area is 113 Å². The second kappa shape index (κ2) is 4.58. The van der Waals surface area contributed by atoms with Gasteiger partial charge >= 0.3 is 0 Å². The fraction of sp³-hybridized carbons (Fsp3) is 0.786. The summed E-state index contributed by atoms with van der Waals surface area (Å²) in [6.45, 7) is 2.71. The first kappa shape index (κ1) is 11.9. The molecule has 3 fully saturated rings. The number of imidazole rings is 1. The molecule has 3 heterocycles. The lowest BCUT2D eigenvalue weighted by atomic mass is 10.1. The molecule has 3 unspecified atom stereocenters. The summed E-state index contributed by atoms with van der Waals surface area (Å²) in [5.41, 5.74) is 7.37. The first-order valence-corrected chi connectivity index (χ1v) is 7.46. The van der Waals surface area contributed by atoms with Gasteiger partial charge in [-0.15, -0.1) is 0 Å². The second-order valence-electron chi connectivity index (χ2n) is 6.12. The molecule has 1 aliphatic carbocycles. The smallest absolute Gasteiger partial charge is 0.0951 e. The van der Waals surface area contributed by atoms with Crippen molar-refractivity contribution in [3.05, 3.63) is 18.2 Å². The van der Waals surface area contributed by atoms with Crippen LogP contribution in [-0.2, 0) is 4.74 Å². The quantitative estimate of drug-likeness (QED) is 0.882. The van der Waals surface area contributed by atoms with Gasteiger partial charge in [-0.2, -0.15) is 0 Å². The van der Waals surface area contributed by atoms with Crippen molar-refractivity contribution in [1.82, 2.24) is 14.5 Å². The average molecular weight is 262 g/mol. The van der Waals surface area contributed by atoms with Gasteiger partial charge in [0.25, 0.3) is 0 Å². The summed E-state index contributed by atoms with van der Waals surface area (Å²) in [4.78, 5) is 6.87. The van der Waals surface area contributed by atoms with Crippen LogP contribution in [0.2, 0.25) is 0 Å². The molecule has 5 nitrogen and oxygen atoms in total. The lowest BCUT2D eigenvalue weighted by Gasteiger charge is -2.37. The lowest BCUT2D eigenvalue weighted by Crippen LogP contribution is -2.46. The molecule has 4 rings (SSSR count). The zero-order valence-electron chi connectivity index (χ0n) is 11.2. The fourth-order valence-electron chi connectivity index (χ4n) is 3.59. The molecular weight excluding hydrogens is 240 g/mol. The number of likely N-dealkylation sites (tertiary alicyclic amines) is 1. The van der Waals surface area contributed by atoms with Gasteiger partial charge in [0.2, 0.25) is 0 Å². The third-order valence-electron chi connectivity index (χ3n) is 4.71. The van der Waals surface area contributed by atoms with Crippen molar-refractivity contribution in [3.63, 3.8) is 0 Å². The molecule has 2 N–H and O–H groups in total. The zero-order chi connectivity index (χ0) is 12.8. The van der Waals surface area contributed by atoms with E-state index >= 15 is 0 Å². The third kappa shape index (κ3) is 2.10. The molecule has 3 atom stereocenters. The monoisotopic (exact) mass is 262 g/mol. The van der Waals surface area contributed by atoms with Gasteiger partial charge in [-0.3, -0.25) is 4.90 Å². The molecule has 2 bridgehead atoms. The van der Waals surface area contributed by atoms with Crippen LogP contribution in [0.25, 0.3) is 0 Å². The minimum absolute atomic E-state index is 0.301. The van der Waals surface area contributed by atoms with E-state index in [2.05, 4.69) is 14.5 Å². The molecule has 104 valence electrons. The summed E-state index contributed by atoms with van der Waals surface area (Å²) in [5.74, 6) is 0. The summed E-state index contributed by atoms with van der Waals surface area (Å²) in [5, 5.41) is 0. The van der Waals surface area contributed by atoms with Crippen LogP contribution in [0.3, 0.4) is 0 Å². The van der Waals surface area contributed by atoms with Crippen molar-refractivity contribution in [2.24, 2.45) is 5.73 Å². The van der Waals surface area contributed by atoms with Gasteiger partial charge in [-0.25, -0.2) is 4.98 Å². The van der Waals surface area contributed by atoms with Crippen molar-refractivity contribution < 1.29 is 4.74 Å². The maximum Gasteiger partial charge on any atom is 0.0951 e. The number of aromatic nitrogens is 2. The summed E-state index contributed by atoms with van der Waals surface area (Å²) < 4.78 is 8.27. The number of rotatable bonds is 4. The Bertz CT molecular complexity index is 444. The predicted octanol–water partition coefficient (Wildman–Crippen LogP) is 1.08. The van der Waals surface area contributed by atoms with Crippen molar-refractivity contribution in [3.8, 4) is 0 Å². The highest BCUT2D eigenvalue weighted by Crippen LogP contribution is 2.38. The lowest BCUT2D eigenvalue weighted by molar-refractivity contribution is -0.0530. The van der Waals surface area contributed by atoms with Crippen molar-refractivity contribution in [2.45, 2.75) is 50.0 Å². The van der Waals surface area contributed by atoms with Gasteiger partial charge in [0, 0.05) is 31.9 Å². The highest BCUT2D eigenvalue weighted by atomic mass is 16.5. The van der Waals surface area contributed by atoms with E-state index < -0.39 is 0 Å². The molecule has 1 aromatic rings. The Kier molecular flexibility index (Phi) is 2.86. The molecule has 5 heteroatoms. The van der Waals surface area contributed by atoms with E-state index in [9.17, 15) is 0 Å². The standard InChI is InChI=1S/C14H22N4O/c15-5-13(14-6-16-9-18(14)10-1-2-10)17-7-11-3-4-12(8-17)19-11/h6,9-13H,1-5,7-8,15H2. The maximum atomic E-state index is 6.07. The van der Waals surface area contributed by atoms with Gasteiger partial charge in [0.05, 0.1) is 30.3 Å². The topological polar surface area (TPSA) is 56.3 Å². The fourth-order valence-corrected chi connectivity index (χ4v) is 3.59. The zero-order valence-corrected chi connectivity index (χ0v) is 11.2. The third-order valence-corrected chi connectivity index (χ3v) is 4.71. The Balaban J connectivity index is 1.58. The van der Waals surface area contributed by atoms with E-state index in [-0.39, 0.29) is 0 Å². The Hall–Kier alpha value is -0.910. The van der Waals surface area contributed by atoms with Gasteiger partial charge < -0.3 is 15.0 Å². The number of morpholine rings is 1. The van der Waals surface area contributed by atoms with Crippen LogP contribution in [0.15, 0.2) is 12.5 Å². The van der Waals surface area contributed by atoms with Crippen LogP contribution in [0.5, 0.6) is 0 Å². The van der Waals surface area contributed by atoms with E-state index in [4.69, 9.17) is 10.5 Å². The normalized spacial score (nSPS) is 32.7. The molecular formula is C14H22N4O. The molecule has 0 amide bonds. The van der Waals surface area contributed by atoms with Gasteiger partial charge in [0.15, 0.2) is 0 Å². The van der Waals surface area contributed by atoms with Crippen LogP contribution in [-0.4, -0.2) is 46.3 Å². The molecule has 2 saturated heterocycles. The van der Waals surface area contributed by atoms with E-state index in [1.165, 1.54) is 31.4 Å². The SMILES string of the molecule is NCC(c1cncn1C1CC1)N1CC2CCC(C1)O2. The molecule has 2 aliphatic heterocycles. The van der Waals surface area contributed by atoms with Crippen LogP contribution < -0.4 is 5.73 Å². The van der Waals surface area contributed by atoms with Gasteiger partial charge in [-0.05, 0) is 25.7 Å². The Morgan fingerprint density at radius 1 is 1.26 bits per heavy atom. The number of nitrogens with two attached hydrogens (primary N) is 1. The van der Waals surface area contributed by atoms with Crippen LogP contribution >= 0.6 is 0 Å². The molecule has 0 radical (unpaired) electrons. The summed E-state index contributed by atoms with van der Waals surface area (Å²) in [7, 11) is 0. The first-order valence-electron chi connectivity index (χ1n) is 7.46. The highest BCUT2D eigenvalue weighted by molar-refractivity contribution is 5.11. The van der Waals surface area contributed by atoms with Crippen LogP contribution in [0, 0.1) is 0 Å². The minimum atomic E-state index is 0.301. The number of nitrogens with zero attached hydrogens (tertiary/aromatic N) is 3. The maximum absolute atomic E-state index is 6.07. The number of hydrogen-bond donors (Lipinski definition) is 1. The Morgan fingerprint density at radius 3 is 2.63 bits per heavy atom. The minimum Gasteiger partial charge on any atom is -0.372 e. The van der Waals surface area contributed by atoms with Crippen LogP contribution in [0.4, 0.5) is 0 Å². The number of ether oxygens (including phenoxy) is 1. The number of hydrogen-bond acceptors (Lipinski definition) is 4. The molecule has 3 aliphatic rings. The van der Waals surface area contributed by atoms with E-state index in [0.29, 0.717) is 30.8 Å². The molecule has 1 aromatic heterocycles. The number of fused-ring (bicyclic) bond motifs is 2. The van der Waals surface area contributed by atoms with Crippen molar-refractivity contribution in [2.75, 3.05) is 19.6 Å². The summed E-state index contributed by atoms with van der Waals surface area (Å²) >= 11 is 0. The summed E-state index contributed by atoms with van der Waals surface area (Å²) in [6.07, 6.45) is 9.82.